The minimum atomic E-state index is -1.06. The zero-order valence-electron chi connectivity index (χ0n) is 20.6. The van der Waals surface area contributed by atoms with Gasteiger partial charge in [0.05, 0.1) is 5.92 Å². The molecule has 0 saturated heterocycles. The first-order valence-electron chi connectivity index (χ1n) is 11.8. The van der Waals surface area contributed by atoms with Crippen LogP contribution in [0.5, 0.6) is 0 Å². The van der Waals surface area contributed by atoms with Crippen molar-refractivity contribution in [2.45, 2.75) is 32.4 Å². The van der Waals surface area contributed by atoms with Gasteiger partial charge in [0.1, 0.15) is 17.5 Å². The van der Waals surface area contributed by atoms with Crippen LogP contribution in [0.1, 0.15) is 42.6 Å². The maximum Gasteiger partial charge on any atom is 0.412 e. The second-order valence-electron chi connectivity index (χ2n) is 8.57. The van der Waals surface area contributed by atoms with Crippen LogP contribution < -0.4 is 10.6 Å². The molecule has 4 aromatic rings. The molecule has 196 valence electrons. The molecule has 1 heterocycles. The molecule has 0 fully saturated rings. The average molecular weight is 538 g/mol. The lowest BCUT2D eigenvalue weighted by Gasteiger charge is -2.15. The van der Waals surface area contributed by atoms with Gasteiger partial charge in [0, 0.05) is 28.4 Å². The third kappa shape index (κ3) is 6.12. The first-order valence-corrected chi connectivity index (χ1v) is 12.1. The van der Waals surface area contributed by atoms with Crippen LogP contribution in [0.15, 0.2) is 77.3 Å². The van der Waals surface area contributed by atoms with Gasteiger partial charge < -0.3 is 19.7 Å². The van der Waals surface area contributed by atoms with Gasteiger partial charge in [-0.1, -0.05) is 77.4 Å². The van der Waals surface area contributed by atoms with E-state index in [1.807, 2.05) is 12.1 Å². The van der Waals surface area contributed by atoms with Crippen molar-refractivity contribution in [3.63, 3.8) is 0 Å². The molecule has 0 saturated carbocycles. The fourth-order valence-electron chi connectivity index (χ4n) is 3.88. The molecule has 1 amide bonds. The van der Waals surface area contributed by atoms with Crippen LogP contribution in [0.3, 0.4) is 0 Å². The lowest BCUT2D eigenvalue weighted by molar-refractivity contribution is -0.138. The summed E-state index contributed by atoms with van der Waals surface area (Å²) < 4.78 is 24.4. The van der Waals surface area contributed by atoms with Crippen LogP contribution in [-0.4, -0.2) is 22.3 Å². The predicted molar refractivity (Wildman–Crippen MR) is 142 cm³/mol. The second-order valence-corrected chi connectivity index (χ2v) is 8.98. The summed E-state index contributed by atoms with van der Waals surface area (Å²) in [4.78, 5) is 23.9. The highest BCUT2D eigenvalue weighted by Crippen LogP contribution is 2.31. The molecule has 1 aromatic heterocycles. The van der Waals surface area contributed by atoms with Crippen molar-refractivity contribution in [2.24, 2.45) is 0 Å². The van der Waals surface area contributed by atoms with E-state index in [1.165, 1.54) is 0 Å². The lowest BCUT2D eigenvalue weighted by atomic mass is 9.99. The van der Waals surface area contributed by atoms with Crippen molar-refractivity contribution < 1.29 is 28.3 Å². The highest BCUT2D eigenvalue weighted by Gasteiger charge is 2.22. The first kappa shape index (κ1) is 26.7. The van der Waals surface area contributed by atoms with Crippen LogP contribution in [0, 0.1) is 6.01 Å². The van der Waals surface area contributed by atoms with E-state index in [0.717, 1.165) is 11.3 Å². The molecule has 0 bridgehead atoms. The van der Waals surface area contributed by atoms with Crippen molar-refractivity contribution in [3.8, 4) is 11.3 Å². The average Bonchev–Trinajstić information content (AvgIpc) is 3.27. The number of carboxylic acids is 1. The molecule has 2 unspecified atom stereocenters. The Labute approximate surface area is 223 Å². The molecule has 0 radical (unpaired) electrons. The second kappa shape index (κ2) is 11.8. The number of hydrogen-bond donors (Lipinski definition) is 3. The van der Waals surface area contributed by atoms with E-state index in [1.54, 1.807) is 74.5 Å². The molecule has 2 atom stereocenters. The zero-order chi connectivity index (χ0) is 27.2. The number of aliphatic carboxylic acids is 1. The maximum atomic E-state index is 14.4. The summed E-state index contributed by atoms with van der Waals surface area (Å²) in [7, 11) is 0. The molecule has 0 aliphatic carbocycles. The predicted octanol–water partition coefficient (Wildman–Crippen LogP) is 7.24. The first-order chi connectivity index (χ1) is 18.2. The van der Waals surface area contributed by atoms with E-state index in [-0.39, 0.29) is 11.4 Å². The summed E-state index contributed by atoms with van der Waals surface area (Å²) in [6, 6.07) is 20.1. The molecule has 0 aliphatic heterocycles. The van der Waals surface area contributed by atoms with E-state index < -0.39 is 30.1 Å². The van der Waals surface area contributed by atoms with E-state index in [2.05, 4.69) is 20.3 Å². The molecule has 3 N–H and O–H groups in total. The number of nitrogens with one attached hydrogen (secondary N) is 2. The van der Waals surface area contributed by atoms with Gasteiger partial charge in [0.25, 0.3) is 0 Å². The molecule has 0 aliphatic rings. The minimum Gasteiger partial charge on any atom is -0.481 e. The van der Waals surface area contributed by atoms with Crippen molar-refractivity contribution in [2.75, 3.05) is 10.6 Å². The number of nitrogens with zero attached hydrogens (tertiary/aromatic N) is 1. The van der Waals surface area contributed by atoms with Gasteiger partial charge in [0.15, 0.2) is 0 Å². The van der Waals surface area contributed by atoms with Crippen molar-refractivity contribution in [1.29, 1.82) is 0 Å². The standard InChI is InChI=1S/C28H25ClFN3O5/c1-16(27(34)35)20-7-4-6-10-23(20)31-15-18-11-13-19(14-12-18)24-25(26(30)38-33-24)32-28(36)37-17(2)21-8-3-5-9-22(21)29/h3-14,16-17,31H,15H2,1-2H3,(H,32,36)(H,34,35). The number of anilines is 2. The highest BCUT2D eigenvalue weighted by molar-refractivity contribution is 6.31. The summed E-state index contributed by atoms with van der Waals surface area (Å²) in [5, 5.41) is 19.2. The van der Waals surface area contributed by atoms with Gasteiger partial charge in [0.2, 0.25) is 0 Å². The fourth-order valence-corrected chi connectivity index (χ4v) is 4.17. The van der Waals surface area contributed by atoms with E-state index in [4.69, 9.17) is 16.3 Å². The fraction of sp³-hybridized carbons (Fsp3) is 0.179. The number of rotatable bonds is 9. The zero-order valence-corrected chi connectivity index (χ0v) is 21.3. The van der Waals surface area contributed by atoms with Crippen LogP contribution in [0.25, 0.3) is 11.3 Å². The Bertz CT molecular complexity index is 1440. The number of carbonyl (C=O) groups is 2. The summed E-state index contributed by atoms with van der Waals surface area (Å²) in [5.74, 6) is -1.57. The normalized spacial score (nSPS) is 12.4. The molecular formula is C28H25ClFN3O5. The van der Waals surface area contributed by atoms with Crippen LogP contribution >= 0.6 is 11.6 Å². The lowest BCUT2D eigenvalue weighted by Crippen LogP contribution is -2.17. The monoisotopic (exact) mass is 537 g/mol. The van der Waals surface area contributed by atoms with Gasteiger partial charge in [-0.05, 0) is 37.1 Å². The highest BCUT2D eigenvalue weighted by atomic mass is 35.5. The Kier molecular flexibility index (Phi) is 8.28. The van der Waals surface area contributed by atoms with Gasteiger partial charge in [-0.15, -0.1) is 0 Å². The summed E-state index contributed by atoms with van der Waals surface area (Å²) in [5.41, 5.74) is 3.27. The molecule has 3 aromatic carbocycles. The smallest absolute Gasteiger partial charge is 0.412 e. The quantitative estimate of drug-likeness (QED) is 0.206. The Morgan fingerprint density at radius 3 is 2.37 bits per heavy atom. The third-order valence-electron chi connectivity index (χ3n) is 6.01. The van der Waals surface area contributed by atoms with Crippen molar-refractivity contribution in [1.82, 2.24) is 5.16 Å². The van der Waals surface area contributed by atoms with Gasteiger partial charge >= 0.3 is 18.1 Å². The number of aromatic nitrogens is 1. The van der Waals surface area contributed by atoms with E-state index in [0.29, 0.717) is 28.3 Å². The van der Waals surface area contributed by atoms with Gasteiger partial charge in [-0.3, -0.25) is 10.1 Å². The molecule has 8 nitrogen and oxygen atoms in total. The number of halogens is 2. The number of ether oxygens (including phenoxy) is 1. The van der Waals surface area contributed by atoms with Gasteiger partial charge in [-0.25, -0.2) is 4.79 Å². The Hall–Kier alpha value is -4.37. The van der Waals surface area contributed by atoms with E-state index >= 15 is 0 Å². The number of hydrogen-bond acceptors (Lipinski definition) is 6. The topological polar surface area (TPSA) is 114 Å². The van der Waals surface area contributed by atoms with Crippen LogP contribution in [-0.2, 0) is 16.1 Å². The number of amides is 1. The number of carbonyl (C=O) groups excluding carboxylic acids is 1. The third-order valence-corrected chi connectivity index (χ3v) is 6.36. The Morgan fingerprint density at radius 1 is 1.03 bits per heavy atom. The largest absolute Gasteiger partial charge is 0.481 e. The molecule has 0 spiro atoms. The maximum absolute atomic E-state index is 14.4. The molecule has 10 heteroatoms. The van der Waals surface area contributed by atoms with Gasteiger partial charge in [-0.2, -0.15) is 4.39 Å². The molecule has 38 heavy (non-hydrogen) atoms. The minimum absolute atomic E-state index is 0.102. The van der Waals surface area contributed by atoms with E-state index in [9.17, 15) is 19.1 Å². The Balaban J connectivity index is 1.43. The molecular weight excluding hydrogens is 513 g/mol. The van der Waals surface area contributed by atoms with Crippen molar-refractivity contribution >= 4 is 35.0 Å². The number of para-hydroxylation sites is 1. The summed E-state index contributed by atoms with van der Waals surface area (Å²) >= 11 is 6.15. The van der Waals surface area contributed by atoms with Crippen molar-refractivity contribution in [3.05, 3.63) is 101 Å². The SMILES string of the molecule is CC(OC(=O)Nc1c(-c2ccc(CNc3ccccc3C(C)C(=O)O)cc2)noc1F)c1ccccc1Cl. The van der Waals surface area contributed by atoms with Crippen LogP contribution in [0.2, 0.25) is 5.02 Å². The molecule has 4 rings (SSSR count). The Morgan fingerprint density at radius 2 is 1.68 bits per heavy atom. The summed E-state index contributed by atoms with van der Waals surface area (Å²) in [6.07, 6.45) is -1.57. The van der Waals surface area contributed by atoms with Crippen LogP contribution in [0.4, 0.5) is 20.6 Å². The number of benzene rings is 3. The summed E-state index contributed by atoms with van der Waals surface area (Å²) in [6.45, 7) is 3.71. The number of carboxylic acid groups (broad SMARTS) is 1.